The fraction of sp³-hybridized carbons (Fsp3) is 0.333. The second-order valence-electron chi connectivity index (χ2n) is 5.46. The maximum atomic E-state index is 13.9. The molecule has 0 saturated carbocycles. The van der Waals surface area contributed by atoms with Crippen molar-refractivity contribution in [3.8, 4) is 0 Å². The van der Waals surface area contributed by atoms with Crippen LogP contribution in [0.25, 0.3) is 0 Å². The lowest BCUT2D eigenvalue weighted by Gasteiger charge is -2.28. The van der Waals surface area contributed by atoms with Crippen molar-refractivity contribution in [3.05, 3.63) is 57.4 Å². The Hall–Kier alpha value is -1.80. The summed E-state index contributed by atoms with van der Waals surface area (Å²) in [7, 11) is 0. The highest BCUT2D eigenvalue weighted by atomic mass is 32.1. The minimum absolute atomic E-state index is 0.248. The van der Waals surface area contributed by atoms with Gasteiger partial charge < -0.3 is 4.98 Å². The second kappa shape index (κ2) is 6.01. The first kappa shape index (κ1) is 16.1. The zero-order valence-electron chi connectivity index (χ0n) is 12.0. The monoisotopic (exact) mass is 343 g/mol. The number of halogens is 4. The number of H-pyrrole nitrogens is 1. The Labute approximate surface area is 135 Å². The Morgan fingerprint density at radius 3 is 2.78 bits per heavy atom. The number of hydrogen-bond donors (Lipinski definition) is 1. The van der Waals surface area contributed by atoms with E-state index in [0.717, 1.165) is 17.3 Å². The summed E-state index contributed by atoms with van der Waals surface area (Å²) in [6.45, 7) is 1.47. The van der Waals surface area contributed by atoms with Crippen LogP contribution in [-0.2, 0) is 25.7 Å². The third-order valence-corrected chi connectivity index (χ3v) is 4.04. The summed E-state index contributed by atoms with van der Waals surface area (Å²) in [4.78, 5) is 9.01. The number of nitrogens with zero attached hydrogens (tertiary/aromatic N) is 2. The lowest BCUT2D eigenvalue weighted by atomic mass is 10.1. The van der Waals surface area contributed by atoms with Gasteiger partial charge in [0.15, 0.2) is 4.77 Å². The quantitative estimate of drug-likeness (QED) is 0.664. The minimum atomic E-state index is -4.53. The summed E-state index contributed by atoms with van der Waals surface area (Å²) in [5, 5.41) is 0. The maximum absolute atomic E-state index is 13.9. The normalized spacial score (nSPS) is 15.5. The maximum Gasteiger partial charge on any atom is 0.416 e. The molecule has 1 aromatic carbocycles. The molecule has 23 heavy (non-hydrogen) atoms. The Morgan fingerprint density at radius 1 is 1.30 bits per heavy atom. The number of aromatic nitrogens is 2. The van der Waals surface area contributed by atoms with Gasteiger partial charge in [-0.05, 0) is 24.4 Å². The molecule has 3 rings (SSSR count). The molecule has 2 heterocycles. The molecule has 1 aliphatic rings. The van der Waals surface area contributed by atoms with Crippen LogP contribution in [0.4, 0.5) is 17.6 Å². The predicted molar refractivity (Wildman–Crippen MR) is 78.6 cm³/mol. The smallest absolute Gasteiger partial charge is 0.334 e. The van der Waals surface area contributed by atoms with Gasteiger partial charge >= 0.3 is 6.18 Å². The van der Waals surface area contributed by atoms with Crippen LogP contribution in [0.2, 0.25) is 0 Å². The van der Waals surface area contributed by atoms with Crippen molar-refractivity contribution in [2.75, 3.05) is 6.54 Å². The summed E-state index contributed by atoms with van der Waals surface area (Å²) < 4.78 is 52.0. The van der Waals surface area contributed by atoms with Gasteiger partial charge in [0.05, 0.1) is 5.56 Å². The van der Waals surface area contributed by atoms with Gasteiger partial charge in [0.2, 0.25) is 0 Å². The van der Waals surface area contributed by atoms with Crippen LogP contribution in [-0.4, -0.2) is 21.4 Å². The first-order valence-corrected chi connectivity index (χ1v) is 7.39. The predicted octanol–water partition coefficient (Wildman–Crippen LogP) is 3.86. The van der Waals surface area contributed by atoms with Crippen LogP contribution in [0.15, 0.2) is 24.4 Å². The van der Waals surface area contributed by atoms with Gasteiger partial charge in [-0.1, -0.05) is 6.07 Å². The molecule has 0 bridgehead atoms. The molecule has 0 radical (unpaired) electrons. The molecule has 0 unspecified atom stereocenters. The lowest BCUT2D eigenvalue weighted by molar-refractivity contribution is -0.137. The molecule has 3 nitrogen and oxygen atoms in total. The van der Waals surface area contributed by atoms with Gasteiger partial charge in [0.25, 0.3) is 0 Å². The van der Waals surface area contributed by atoms with E-state index < -0.39 is 17.6 Å². The zero-order valence-corrected chi connectivity index (χ0v) is 12.8. The van der Waals surface area contributed by atoms with Crippen LogP contribution in [0.5, 0.6) is 0 Å². The largest absolute Gasteiger partial charge is 0.416 e. The summed E-state index contributed by atoms with van der Waals surface area (Å²) >= 11 is 4.97. The Bertz CT molecular complexity index is 785. The van der Waals surface area contributed by atoms with Gasteiger partial charge in [-0.3, -0.25) is 4.90 Å². The zero-order chi connectivity index (χ0) is 16.6. The van der Waals surface area contributed by atoms with Crippen LogP contribution in [0.3, 0.4) is 0 Å². The van der Waals surface area contributed by atoms with Crippen LogP contribution >= 0.6 is 12.2 Å². The molecule has 0 fully saturated rings. The van der Waals surface area contributed by atoms with E-state index in [1.54, 1.807) is 6.20 Å². The van der Waals surface area contributed by atoms with E-state index >= 15 is 0 Å². The average Bonchev–Trinajstić information content (AvgIpc) is 2.48. The van der Waals surface area contributed by atoms with Crippen molar-refractivity contribution in [3.63, 3.8) is 0 Å². The summed E-state index contributed by atoms with van der Waals surface area (Å²) in [6.07, 6.45) is -2.14. The Balaban J connectivity index is 1.76. The van der Waals surface area contributed by atoms with Gasteiger partial charge in [0, 0.05) is 49.1 Å². The summed E-state index contributed by atoms with van der Waals surface area (Å²) in [5.74, 6) is -0.837. The van der Waals surface area contributed by atoms with E-state index in [-0.39, 0.29) is 12.1 Å². The molecule has 0 amide bonds. The van der Waals surface area contributed by atoms with Gasteiger partial charge in [-0.25, -0.2) is 9.37 Å². The molecule has 0 saturated heterocycles. The van der Waals surface area contributed by atoms with Crippen molar-refractivity contribution in [2.45, 2.75) is 25.7 Å². The molecular weight excluding hydrogens is 330 g/mol. The fourth-order valence-corrected chi connectivity index (χ4v) is 2.81. The number of alkyl halides is 3. The third-order valence-electron chi connectivity index (χ3n) is 3.83. The summed E-state index contributed by atoms with van der Waals surface area (Å²) in [6, 6.07) is 2.66. The van der Waals surface area contributed by atoms with Crippen LogP contribution < -0.4 is 0 Å². The van der Waals surface area contributed by atoms with E-state index in [4.69, 9.17) is 12.2 Å². The van der Waals surface area contributed by atoms with Gasteiger partial charge in [-0.15, -0.1) is 0 Å². The molecule has 0 aliphatic carbocycles. The molecule has 1 N–H and O–H groups in total. The van der Waals surface area contributed by atoms with Crippen molar-refractivity contribution in [2.24, 2.45) is 0 Å². The SMILES string of the molecule is Fc1cc(C(F)(F)F)ccc1CN1CCc2[nH]c(=S)ncc2C1. The fourth-order valence-electron chi connectivity index (χ4n) is 2.63. The van der Waals surface area contributed by atoms with E-state index in [0.29, 0.717) is 30.3 Å². The van der Waals surface area contributed by atoms with E-state index in [1.807, 2.05) is 4.90 Å². The average molecular weight is 343 g/mol. The molecule has 122 valence electrons. The number of aromatic amines is 1. The number of rotatable bonds is 2. The topological polar surface area (TPSA) is 31.9 Å². The van der Waals surface area contributed by atoms with E-state index in [1.165, 1.54) is 6.07 Å². The molecule has 2 aromatic rings. The van der Waals surface area contributed by atoms with E-state index in [9.17, 15) is 17.6 Å². The molecule has 1 aromatic heterocycles. The molecule has 0 atom stereocenters. The van der Waals surface area contributed by atoms with E-state index in [2.05, 4.69) is 9.97 Å². The first-order chi connectivity index (χ1) is 10.8. The standard InChI is InChI=1S/C15H13F4N3S/c16-12-5-11(15(17,18)19)2-1-9(12)7-22-4-3-13-10(8-22)6-20-14(23)21-13/h1-2,5-6H,3-4,7-8H2,(H,20,21,23). The van der Waals surface area contributed by atoms with Crippen molar-refractivity contribution in [1.82, 2.24) is 14.9 Å². The Morgan fingerprint density at radius 2 is 2.09 bits per heavy atom. The van der Waals surface area contributed by atoms with Gasteiger partial charge in [-0.2, -0.15) is 13.2 Å². The number of benzene rings is 1. The minimum Gasteiger partial charge on any atom is -0.334 e. The molecule has 0 spiro atoms. The number of fused-ring (bicyclic) bond motifs is 1. The van der Waals surface area contributed by atoms with Crippen LogP contribution in [0, 0.1) is 10.6 Å². The van der Waals surface area contributed by atoms with Crippen LogP contribution in [0.1, 0.15) is 22.4 Å². The lowest BCUT2D eigenvalue weighted by Crippen LogP contribution is -2.31. The van der Waals surface area contributed by atoms with Gasteiger partial charge in [0.1, 0.15) is 5.82 Å². The third kappa shape index (κ3) is 3.59. The molecule has 1 aliphatic heterocycles. The summed E-state index contributed by atoms with van der Waals surface area (Å²) in [5.41, 5.74) is 1.25. The second-order valence-corrected chi connectivity index (χ2v) is 5.84. The highest BCUT2D eigenvalue weighted by molar-refractivity contribution is 7.71. The van der Waals surface area contributed by atoms with Crippen molar-refractivity contribution >= 4 is 12.2 Å². The molecule has 8 heteroatoms. The highest BCUT2D eigenvalue weighted by Gasteiger charge is 2.31. The molecular formula is C15H13F4N3S. The van der Waals surface area contributed by atoms with Crippen molar-refractivity contribution in [1.29, 1.82) is 0 Å². The number of nitrogens with one attached hydrogen (secondary N) is 1. The Kier molecular flexibility index (Phi) is 4.20. The number of hydrogen-bond acceptors (Lipinski definition) is 3. The van der Waals surface area contributed by atoms with Crippen molar-refractivity contribution < 1.29 is 17.6 Å². The highest BCUT2D eigenvalue weighted by Crippen LogP contribution is 2.30. The first-order valence-electron chi connectivity index (χ1n) is 6.98.